The van der Waals surface area contributed by atoms with E-state index < -0.39 is 11.9 Å². The van der Waals surface area contributed by atoms with Crippen LogP contribution in [0.4, 0.5) is 0 Å². The first-order valence-electron chi connectivity index (χ1n) is 8.73. The molecule has 0 radical (unpaired) electrons. The van der Waals surface area contributed by atoms with Gasteiger partial charge in [-0.05, 0) is 38.2 Å². The van der Waals surface area contributed by atoms with Crippen LogP contribution in [0.15, 0.2) is 10.6 Å². The van der Waals surface area contributed by atoms with Gasteiger partial charge in [-0.2, -0.15) is 0 Å². The third-order valence-electron chi connectivity index (χ3n) is 5.16. The summed E-state index contributed by atoms with van der Waals surface area (Å²) in [6, 6.07) is 1.85. The van der Waals surface area contributed by atoms with Crippen LogP contribution in [-0.4, -0.2) is 45.1 Å². The molecule has 1 amide bonds. The molecule has 1 aliphatic heterocycles. The summed E-state index contributed by atoms with van der Waals surface area (Å²) < 4.78 is 5.30. The lowest BCUT2D eigenvalue weighted by Gasteiger charge is -2.34. The van der Waals surface area contributed by atoms with Crippen molar-refractivity contribution in [1.82, 2.24) is 15.0 Å². The second-order valence-electron chi connectivity index (χ2n) is 7.40. The molecule has 0 bridgehead atoms. The Morgan fingerprint density at radius 1 is 1.32 bits per heavy atom. The minimum Gasteiger partial charge on any atom is -0.481 e. The van der Waals surface area contributed by atoms with Crippen LogP contribution in [0.1, 0.15) is 53.8 Å². The summed E-state index contributed by atoms with van der Waals surface area (Å²) in [7, 11) is 0. The van der Waals surface area contributed by atoms with Gasteiger partial charge in [-0.1, -0.05) is 12.1 Å². The summed E-state index contributed by atoms with van der Waals surface area (Å²) in [4.78, 5) is 30.8. The van der Waals surface area contributed by atoms with Crippen LogP contribution < -0.4 is 0 Å². The molecule has 1 N–H and O–H groups in total. The fraction of sp³-hybridized carbons (Fsp3) is 0.556. The second kappa shape index (κ2) is 5.82. The predicted octanol–water partition coefficient (Wildman–Crippen LogP) is 2.59. The maximum Gasteiger partial charge on any atom is 0.308 e. The van der Waals surface area contributed by atoms with Crippen molar-refractivity contribution in [2.24, 2.45) is 11.8 Å². The molecule has 1 saturated heterocycles. The van der Waals surface area contributed by atoms with Gasteiger partial charge in [0.1, 0.15) is 0 Å². The Morgan fingerprint density at radius 3 is 2.76 bits per heavy atom. The first-order chi connectivity index (χ1) is 11.9. The molecule has 2 atom stereocenters. The zero-order valence-corrected chi connectivity index (χ0v) is 14.4. The van der Waals surface area contributed by atoms with E-state index in [4.69, 9.17) is 4.52 Å². The van der Waals surface area contributed by atoms with Crippen molar-refractivity contribution in [2.45, 2.75) is 39.0 Å². The number of fused-ring (bicyclic) bond motifs is 1. The monoisotopic (exact) mass is 343 g/mol. The lowest BCUT2D eigenvalue weighted by atomic mass is 9.90. The number of aromatic nitrogens is 2. The van der Waals surface area contributed by atoms with Crippen molar-refractivity contribution in [3.05, 3.63) is 23.0 Å². The number of carbonyl (C=O) groups is 2. The number of hydrogen-bond donors (Lipinski definition) is 1. The highest BCUT2D eigenvalue weighted by Gasteiger charge is 2.34. The summed E-state index contributed by atoms with van der Waals surface area (Å²) >= 11 is 0. The summed E-state index contributed by atoms with van der Waals surface area (Å²) in [5.41, 5.74) is 2.42. The number of likely N-dealkylation sites (tertiary alicyclic amines) is 1. The predicted molar refractivity (Wildman–Crippen MR) is 89.3 cm³/mol. The third-order valence-corrected chi connectivity index (χ3v) is 5.16. The molecule has 25 heavy (non-hydrogen) atoms. The third kappa shape index (κ3) is 2.88. The Labute approximate surface area is 145 Å². The average molecular weight is 343 g/mol. The van der Waals surface area contributed by atoms with Gasteiger partial charge in [0.2, 0.25) is 0 Å². The van der Waals surface area contributed by atoms with Gasteiger partial charge in [0, 0.05) is 24.7 Å². The number of carboxylic acids is 1. The van der Waals surface area contributed by atoms with Crippen LogP contribution in [0.5, 0.6) is 0 Å². The van der Waals surface area contributed by atoms with E-state index in [0.717, 1.165) is 18.5 Å². The number of amides is 1. The summed E-state index contributed by atoms with van der Waals surface area (Å²) in [6.45, 7) is 4.58. The summed E-state index contributed by atoms with van der Waals surface area (Å²) in [6.07, 6.45) is 2.74. The quantitative estimate of drug-likeness (QED) is 0.920. The lowest BCUT2D eigenvalue weighted by molar-refractivity contribution is -0.143. The molecule has 0 spiro atoms. The van der Waals surface area contributed by atoms with Crippen LogP contribution in [0.2, 0.25) is 0 Å². The van der Waals surface area contributed by atoms with Crippen molar-refractivity contribution < 1.29 is 19.2 Å². The van der Waals surface area contributed by atoms with Gasteiger partial charge in [0.05, 0.1) is 22.6 Å². The highest BCUT2D eigenvalue weighted by atomic mass is 16.5. The molecule has 7 nitrogen and oxygen atoms in total. The Morgan fingerprint density at radius 2 is 2.08 bits per heavy atom. The molecular formula is C18H21N3O4. The molecule has 2 aliphatic rings. The van der Waals surface area contributed by atoms with Gasteiger partial charge >= 0.3 is 5.97 Å². The first kappa shape index (κ1) is 16.1. The highest BCUT2D eigenvalue weighted by Crippen LogP contribution is 2.40. The van der Waals surface area contributed by atoms with Gasteiger partial charge in [-0.15, -0.1) is 0 Å². The van der Waals surface area contributed by atoms with Crippen molar-refractivity contribution in [3.63, 3.8) is 0 Å². The maximum atomic E-state index is 13.2. The van der Waals surface area contributed by atoms with Crippen molar-refractivity contribution in [1.29, 1.82) is 0 Å². The minimum atomic E-state index is -0.843. The van der Waals surface area contributed by atoms with Gasteiger partial charge in [-0.25, -0.2) is 4.98 Å². The fourth-order valence-electron chi connectivity index (χ4n) is 3.74. The topological polar surface area (TPSA) is 96.5 Å². The van der Waals surface area contributed by atoms with Gasteiger partial charge in [0.25, 0.3) is 11.6 Å². The number of hydrogen-bond acceptors (Lipinski definition) is 5. The van der Waals surface area contributed by atoms with Crippen LogP contribution in [0.25, 0.3) is 11.1 Å². The molecule has 0 aromatic carbocycles. The zero-order valence-electron chi connectivity index (χ0n) is 14.4. The maximum absolute atomic E-state index is 13.2. The van der Waals surface area contributed by atoms with E-state index >= 15 is 0 Å². The van der Waals surface area contributed by atoms with Gasteiger partial charge < -0.3 is 14.5 Å². The molecule has 1 saturated carbocycles. The zero-order chi connectivity index (χ0) is 17.7. The molecule has 4 rings (SSSR count). The highest BCUT2D eigenvalue weighted by molar-refractivity contribution is 6.06. The summed E-state index contributed by atoms with van der Waals surface area (Å²) in [5, 5.41) is 14.0. The van der Waals surface area contributed by atoms with Gasteiger partial charge in [0.15, 0.2) is 0 Å². The molecule has 132 valence electrons. The SMILES string of the molecule is Cc1noc2nc(C3CC3)cc(C(=O)N3CC(C)CC(C(=O)O)C3)c12. The van der Waals surface area contributed by atoms with Gasteiger partial charge in [-0.3, -0.25) is 9.59 Å². The molecule has 1 aliphatic carbocycles. The van der Waals surface area contributed by atoms with Crippen LogP contribution in [-0.2, 0) is 4.79 Å². The number of aliphatic carboxylic acids is 1. The molecule has 2 aromatic heterocycles. The van der Waals surface area contributed by atoms with Crippen LogP contribution in [0.3, 0.4) is 0 Å². The Hall–Kier alpha value is -2.44. The smallest absolute Gasteiger partial charge is 0.308 e. The first-order valence-corrected chi connectivity index (χ1v) is 8.73. The number of piperidine rings is 1. The number of rotatable bonds is 3. The van der Waals surface area contributed by atoms with E-state index in [1.165, 1.54) is 0 Å². The normalized spacial score (nSPS) is 23.8. The van der Waals surface area contributed by atoms with Crippen molar-refractivity contribution >= 4 is 23.0 Å². The Bertz CT molecular complexity index is 855. The van der Waals surface area contributed by atoms with E-state index in [2.05, 4.69) is 10.1 Å². The van der Waals surface area contributed by atoms with Crippen LogP contribution >= 0.6 is 0 Å². The standard InChI is InChI=1S/C18H21N3O4/c1-9-5-12(18(23)24)8-21(7-9)17(22)13-6-14(11-3-4-11)19-16-15(13)10(2)20-25-16/h6,9,11-12H,3-5,7-8H2,1-2H3,(H,23,24). The molecule has 2 fully saturated rings. The molecular weight excluding hydrogens is 322 g/mol. The van der Waals surface area contributed by atoms with E-state index in [1.54, 1.807) is 11.8 Å². The Balaban J connectivity index is 1.73. The van der Waals surface area contributed by atoms with Crippen molar-refractivity contribution in [2.75, 3.05) is 13.1 Å². The van der Waals surface area contributed by atoms with E-state index in [-0.39, 0.29) is 18.4 Å². The second-order valence-corrected chi connectivity index (χ2v) is 7.40. The minimum absolute atomic E-state index is 0.154. The molecule has 3 heterocycles. The van der Waals surface area contributed by atoms with Crippen molar-refractivity contribution in [3.8, 4) is 0 Å². The molecule has 7 heteroatoms. The summed E-state index contributed by atoms with van der Waals surface area (Å²) in [5.74, 6) is -0.977. The number of carboxylic acid groups (broad SMARTS) is 1. The van der Waals surface area contributed by atoms with E-state index in [0.29, 0.717) is 41.2 Å². The van der Waals surface area contributed by atoms with E-state index in [1.807, 2.05) is 13.0 Å². The molecule has 2 unspecified atom stereocenters. The Kier molecular flexibility index (Phi) is 3.74. The number of pyridine rings is 1. The lowest BCUT2D eigenvalue weighted by Crippen LogP contribution is -2.45. The largest absolute Gasteiger partial charge is 0.481 e. The molecule has 2 aromatic rings. The number of carbonyl (C=O) groups excluding carboxylic acids is 1. The number of nitrogens with zero attached hydrogens (tertiary/aromatic N) is 3. The number of aryl methyl sites for hydroxylation is 1. The fourth-order valence-corrected chi connectivity index (χ4v) is 3.74. The van der Waals surface area contributed by atoms with Crippen LogP contribution in [0, 0.1) is 18.8 Å². The average Bonchev–Trinajstić information content (AvgIpc) is 3.37. The van der Waals surface area contributed by atoms with E-state index in [9.17, 15) is 14.7 Å².